The van der Waals surface area contributed by atoms with Gasteiger partial charge in [-0.2, -0.15) is 0 Å². The lowest BCUT2D eigenvalue weighted by Gasteiger charge is -2.05. The van der Waals surface area contributed by atoms with E-state index in [-0.39, 0.29) is 5.91 Å². The van der Waals surface area contributed by atoms with Crippen LogP contribution in [-0.4, -0.2) is 10.9 Å². The van der Waals surface area contributed by atoms with Gasteiger partial charge in [0.05, 0.1) is 5.69 Å². The fourth-order valence-corrected chi connectivity index (χ4v) is 3.32. The maximum atomic E-state index is 12.0. The highest BCUT2D eigenvalue weighted by atomic mass is 32.1. The third-order valence-corrected chi connectivity index (χ3v) is 4.55. The van der Waals surface area contributed by atoms with E-state index in [4.69, 9.17) is 4.42 Å². The summed E-state index contributed by atoms with van der Waals surface area (Å²) in [6.45, 7) is 6.29. The fourth-order valence-electron chi connectivity index (χ4n) is 2.59. The summed E-state index contributed by atoms with van der Waals surface area (Å²) in [6.07, 6.45) is 4.16. The Bertz CT molecular complexity index is 904. The highest BCUT2D eigenvalue weighted by Crippen LogP contribution is 2.25. The van der Waals surface area contributed by atoms with E-state index in [9.17, 15) is 4.79 Å². The Hall–Kier alpha value is -2.66. The Morgan fingerprint density at radius 3 is 2.65 bits per heavy atom. The molecule has 0 aliphatic carbocycles. The second-order valence-corrected chi connectivity index (χ2v) is 7.46. The molecular formula is C21H22N2O2S. The van der Waals surface area contributed by atoms with Crippen molar-refractivity contribution in [2.24, 2.45) is 5.92 Å². The number of aromatic nitrogens is 1. The van der Waals surface area contributed by atoms with E-state index in [0.29, 0.717) is 16.8 Å². The van der Waals surface area contributed by atoms with Crippen LogP contribution in [0.25, 0.3) is 17.3 Å². The lowest BCUT2D eigenvalue weighted by molar-refractivity contribution is -0.111. The molecule has 1 aromatic carbocycles. The van der Waals surface area contributed by atoms with Crippen molar-refractivity contribution in [3.8, 4) is 11.3 Å². The summed E-state index contributed by atoms with van der Waals surface area (Å²) in [5, 5.41) is 5.32. The maximum Gasteiger partial charge on any atom is 0.250 e. The summed E-state index contributed by atoms with van der Waals surface area (Å²) in [5.74, 6) is 1.88. The minimum atomic E-state index is -0.229. The van der Waals surface area contributed by atoms with Crippen LogP contribution >= 0.6 is 11.3 Å². The number of amides is 1. The number of thiazole rings is 1. The molecule has 0 bridgehead atoms. The first-order valence-corrected chi connectivity index (χ1v) is 9.48. The molecule has 3 aromatic rings. The third kappa shape index (κ3) is 4.92. The number of furan rings is 1. The Balaban J connectivity index is 1.62. The first-order chi connectivity index (χ1) is 12.5. The molecule has 5 heteroatoms. The van der Waals surface area contributed by atoms with E-state index >= 15 is 0 Å². The molecule has 0 aliphatic heterocycles. The largest absolute Gasteiger partial charge is 0.462 e. The van der Waals surface area contributed by atoms with Crippen LogP contribution in [0.15, 0.2) is 52.3 Å². The molecule has 3 rings (SSSR count). The molecule has 0 fully saturated rings. The number of nitrogens with zero attached hydrogens (tertiary/aromatic N) is 1. The molecule has 1 N–H and O–H groups in total. The van der Waals surface area contributed by atoms with Crippen LogP contribution in [0.1, 0.15) is 30.9 Å². The summed E-state index contributed by atoms with van der Waals surface area (Å²) in [7, 11) is 0. The number of hydrogen-bond acceptors (Lipinski definition) is 4. The van der Waals surface area contributed by atoms with Gasteiger partial charge in [0.1, 0.15) is 11.5 Å². The monoisotopic (exact) mass is 366 g/mol. The predicted octanol–water partition coefficient (Wildman–Crippen LogP) is 5.56. The Labute approximate surface area is 157 Å². The van der Waals surface area contributed by atoms with Gasteiger partial charge in [0.25, 0.3) is 0 Å². The molecule has 0 aliphatic rings. The molecule has 0 unspecified atom stereocenters. The fraction of sp³-hybridized carbons (Fsp3) is 0.238. The molecule has 26 heavy (non-hydrogen) atoms. The standard InChI is InChI=1S/C21H22N2O2S/c1-14(2)12-16-5-7-17(8-6-16)19-13-26-21(22-19)23-20(24)11-10-18-9-4-15(3)25-18/h4-11,13-14H,12H2,1-3H3,(H,22,23,24)/b11-10+. The molecule has 4 nitrogen and oxygen atoms in total. The second-order valence-electron chi connectivity index (χ2n) is 6.60. The lowest BCUT2D eigenvalue weighted by Crippen LogP contribution is -2.07. The van der Waals surface area contributed by atoms with Gasteiger partial charge in [-0.3, -0.25) is 10.1 Å². The van der Waals surface area contributed by atoms with E-state index in [0.717, 1.165) is 23.4 Å². The van der Waals surface area contributed by atoms with Crippen molar-refractivity contribution in [2.75, 3.05) is 5.32 Å². The molecule has 0 atom stereocenters. The first kappa shape index (κ1) is 18.1. The van der Waals surface area contributed by atoms with Crippen molar-refractivity contribution in [3.63, 3.8) is 0 Å². The molecule has 0 saturated heterocycles. The van der Waals surface area contributed by atoms with Crippen LogP contribution < -0.4 is 5.32 Å². The molecular weight excluding hydrogens is 344 g/mol. The normalized spacial score (nSPS) is 11.4. The Kier molecular flexibility index (Phi) is 5.68. The third-order valence-electron chi connectivity index (χ3n) is 3.79. The quantitative estimate of drug-likeness (QED) is 0.581. The highest BCUT2D eigenvalue weighted by molar-refractivity contribution is 7.14. The number of rotatable bonds is 6. The van der Waals surface area contributed by atoms with Crippen LogP contribution in [0, 0.1) is 12.8 Å². The number of carbonyl (C=O) groups excluding carboxylic acids is 1. The zero-order chi connectivity index (χ0) is 18.5. The average molecular weight is 366 g/mol. The number of hydrogen-bond donors (Lipinski definition) is 1. The van der Waals surface area contributed by atoms with Gasteiger partial charge in [-0.25, -0.2) is 4.98 Å². The smallest absolute Gasteiger partial charge is 0.250 e. The zero-order valence-corrected chi connectivity index (χ0v) is 16.0. The molecule has 0 spiro atoms. The van der Waals surface area contributed by atoms with E-state index in [1.54, 1.807) is 6.08 Å². The Morgan fingerprint density at radius 1 is 1.23 bits per heavy atom. The van der Waals surface area contributed by atoms with Crippen molar-refractivity contribution in [1.29, 1.82) is 0 Å². The van der Waals surface area contributed by atoms with Gasteiger partial charge < -0.3 is 4.42 Å². The topological polar surface area (TPSA) is 55.1 Å². The second kappa shape index (κ2) is 8.15. The predicted molar refractivity (Wildman–Crippen MR) is 107 cm³/mol. The summed E-state index contributed by atoms with van der Waals surface area (Å²) >= 11 is 1.41. The first-order valence-electron chi connectivity index (χ1n) is 8.60. The molecule has 1 amide bonds. The summed E-state index contributed by atoms with van der Waals surface area (Å²) in [6, 6.07) is 12.1. The van der Waals surface area contributed by atoms with Crippen LogP contribution in [-0.2, 0) is 11.2 Å². The van der Waals surface area contributed by atoms with Crippen molar-refractivity contribution < 1.29 is 9.21 Å². The van der Waals surface area contributed by atoms with Crippen molar-refractivity contribution in [2.45, 2.75) is 27.2 Å². The van der Waals surface area contributed by atoms with Gasteiger partial charge in [0.15, 0.2) is 5.13 Å². The number of nitrogens with one attached hydrogen (secondary N) is 1. The van der Waals surface area contributed by atoms with Crippen molar-refractivity contribution in [3.05, 3.63) is 64.9 Å². The van der Waals surface area contributed by atoms with Gasteiger partial charge >= 0.3 is 0 Å². The maximum absolute atomic E-state index is 12.0. The van der Waals surface area contributed by atoms with Gasteiger partial charge in [0.2, 0.25) is 5.91 Å². The highest BCUT2D eigenvalue weighted by Gasteiger charge is 2.07. The van der Waals surface area contributed by atoms with Crippen LogP contribution in [0.5, 0.6) is 0 Å². The van der Waals surface area contributed by atoms with Crippen LogP contribution in [0.3, 0.4) is 0 Å². The lowest BCUT2D eigenvalue weighted by atomic mass is 10.0. The number of carbonyl (C=O) groups is 1. The summed E-state index contributed by atoms with van der Waals surface area (Å²) in [4.78, 5) is 16.5. The number of benzene rings is 1. The minimum Gasteiger partial charge on any atom is -0.462 e. The molecule has 0 saturated carbocycles. The van der Waals surface area contributed by atoms with E-state index in [2.05, 4.69) is 48.4 Å². The van der Waals surface area contributed by atoms with E-state index in [1.165, 1.54) is 23.0 Å². The SMILES string of the molecule is Cc1ccc(/C=C/C(=O)Nc2nc(-c3ccc(CC(C)C)cc3)cs2)o1. The summed E-state index contributed by atoms with van der Waals surface area (Å²) in [5.41, 5.74) is 3.24. The minimum absolute atomic E-state index is 0.229. The van der Waals surface area contributed by atoms with E-state index in [1.807, 2.05) is 24.4 Å². The number of aryl methyl sites for hydroxylation is 1. The van der Waals surface area contributed by atoms with Gasteiger partial charge in [-0.15, -0.1) is 11.3 Å². The van der Waals surface area contributed by atoms with Crippen molar-refractivity contribution >= 4 is 28.5 Å². The van der Waals surface area contributed by atoms with Crippen LogP contribution in [0.2, 0.25) is 0 Å². The van der Waals surface area contributed by atoms with Gasteiger partial charge in [-0.05, 0) is 43.0 Å². The molecule has 2 aromatic heterocycles. The summed E-state index contributed by atoms with van der Waals surface area (Å²) < 4.78 is 5.40. The molecule has 2 heterocycles. The zero-order valence-electron chi connectivity index (χ0n) is 15.2. The molecule has 0 radical (unpaired) electrons. The number of anilines is 1. The Morgan fingerprint density at radius 2 is 2.00 bits per heavy atom. The average Bonchev–Trinajstić information content (AvgIpc) is 3.22. The van der Waals surface area contributed by atoms with E-state index < -0.39 is 0 Å². The van der Waals surface area contributed by atoms with Gasteiger partial charge in [0, 0.05) is 17.0 Å². The van der Waals surface area contributed by atoms with Gasteiger partial charge in [-0.1, -0.05) is 38.1 Å². The van der Waals surface area contributed by atoms with Crippen LogP contribution in [0.4, 0.5) is 5.13 Å². The van der Waals surface area contributed by atoms with Crippen molar-refractivity contribution in [1.82, 2.24) is 4.98 Å². The molecule has 134 valence electrons.